The van der Waals surface area contributed by atoms with Crippen molar-refractivity contribution in [1.82, 2.24) is 4.90 Å². The minimum atomic E-state index is -0.760. The molecule has 3 N–H and O–H groups in total. The summed E-state index contributed by atoms with van der Waals surface area (Å²) >= 11 is 1.36. The second kappa shape index (κ2) is 7.14. The van der Waals surface area contributed by atoms with Crippen LogP contribution in [-0.4, -0.2) is 34.2 Å². The number of nitrogens with two attached hydrogens (primary N) is 1. The fourth-order valence-electron chi connectivity index (χ4n) is 3.05. The van der Waals surface area contributed by atoms with Gasteiger partial charge in [0.15, 0.2) is 0 Å². The molecular weight excluding hydrogens is 354 g/mol. The van der Waals surface area contributed by atoms with E-state index < -0.39 is 11.9 Å². The number of nitrogens with zero attached hydrogens (tertiary/aromatic N) is 2. The first-order chi connectivity index (χ1) is 12.5. The molecule has 8 heteroatoms. The van der Waals surface area contributed by atoms with Gasteiger partial charge < -0.3 is 15.6 Å². The average molecular weight is 371 g/mol. The minimum absolute atomic E-state index is 0.00674. The summed E-state index contributed by atoms with van der Waals surface area (Å²) in [5.41, 5.74) is 7.15. The molecule has 0 radical (unpaired) electrons. The van der Waals surface area contributed by atoms with Gasteiger partial charge in [0.1, 0.15) is 11.6 Å². The van der Waals surface area contributed by atoms with Gasteiger partial charge in [0.05, 0.1) is 34.8 Å². The molecule has 1 aromatic rings. The number of carbonyl (C=O) groups is 2. The number of ether oxygens (including phenoxy) is 1. The Hall–Kier alpha value is -2.92. The van der Waals surface area contributed by atoms with Crippen molar-refractivity contribution in [2.75, 3.05) is 12.4 Å². The quantitative estimate of drug-likeness (QED) is 0.780. The maximum Gasteiger partial charge on any atom is 0.338 e. The molecule has 1 atom stereocenters. The molecule has 1 unspecified atom stereocenters. The van der Waals surface area contributed by atoms with Crippen molar-refractivity contribution < 1.29 is 19.4 Å². The number of esters is 1. The molecule has 1 fully saturated rings. The Bertz CT molecular complexity index is 867. The number of nitriles is 1. The van der Waals surface area contributed by atoms with Crippen LogP contribution < -0.4 is 5.73 Å². The van der Waals surface area contributed by atoms with E-state index in [1.807, 2.05) is 0 Å². The van der Waals surface area contributed by atoms with Gasteiger partial charge in [-0.05, 0) is 24.6 Å². The third-order valence-corrected chi connectivity index (χ3v) is 5.26. The Morgan fingerprint density at radius 3 is 2.77 bits per heavy atom. The molecule has 1 aromatic carbocycles. The van der Waals surface area contributed by atoms with E-state index in [0.717, 1.165) is 0 Å². The number of rotatable bonds is 3. The lowest BCUT2D eigenvalue weighted by Gasteiger charge is -2.37. The van der Waals surface area contributed by atoms with Crippen molar-refractivity contribution in [3.05, 3.63) is 51.8 Å². The molecule has 134 valence electrons. The van der Waals surface area contributed by atoms with Gasteiger partial charge in [-0.1, -0.05) is 12.1 Å². The number of aromatic hydroxyl groups is 1. The first-order valence-electron chi connectivity index (χ1n) is 8.05. The van der Waals surface area contributed by atoms with Gasteiger partial charge in [0.2, 0.25) is 5.91 Å². The monoisotopic (exact) mass is 371 g/mol. The standard InChI is InChI=1S/C18H17N3O4S/c1-2-25-18(24)15-14(10-3-5-11(22)6-4-10)12(9-19)17-21(16(15)20)13(23)7-8-26-17/h3-6,14,22H,2,7-8,20H2,1H3. The van der Waals surface area contributed by atoms with Crippen LogP contribution in [0.15, 0.2) is 46.3 Å². The summed E-state index contributed by atoms with van der Waals surface area (Å²) in [4.78, 5) is 26.2. The van der Waals surface area contributed by atoms with E-state index in [0.29, 0.717) is 16.3 Å². The van der Waals surface area contributed by atoms with Crippen molar-refractivity contribution in [3.63, 3.8) is 0 Å². The number of phenolic OH excluding ortho intramolecular Hbond substituents is 1. The lowest BCUT2D eigenvalue weighted by atomic mass is 9.83. The summed E-state index contributed by atoms with van der Waals surface area (Å²) in [6, 6.07) is 8.32. The van der Waals surface area contributed by atoms with E-state index in [1.165, 1.54) is 28.8 Å². The van der Waals surface area contributed by atoms with Gasteiger partial charge in [0.25, 0.3) is 0 Å². The van der Waals surface area contributed by atoms with Crippen LogP contribution in [0, 0.1) is 11.3 Å². The molecule has 2 heterocycles. The van der Waals surface area contributed by atoms with Crippen molar-refractivity contribution in [3.8, 4) is 11.8 Å². The second-order valence-electron chi connectivity index (χ2n) is 5.70. The van der Waals surface area contributed by atoms with Gasteiger partial charge in [-0.15, -0.1) is 11.8 Å². The minimum Gasteiger partial charge on any atom is -0.508 e. The second-order valence-corrected chi connectivity index (χ2v) is 6.79. The number of benzene rings is 1. The fraction of sp³-hybridized carbons (Fsp3) is 0.278. The smallest absolute Gasteiger partial charge is 0.338 e. The molecule has 26 heavy (non-hydrogen) atoms. The number of amides is 1. The fourth-order valence-corrected chi connectivity index (χ4v) is 4.16. The Morgan fingerprint density at radius 2 is 2.15 bits per heavy atom. The van der Waals surface area contributed by atoms with E-state index in [2.05, 4.69) is 6.07 Å². The van der Waals surface area contributed by atoms with E-state index in [9.17, 15) is 20.0 Å². The lowest BCUT2D eigenvalue weighted by molar-refractivity contribution is -0.139. The predicted molar refractivity (Wildman–Crippen MR) is 95.3 cm³/mol. The molecule has 0 aliphatic carbocycles. The van der Waals surface area contributed by atoms with Crippen LogP contribution in [0.2, 0.25) is 0 Å². The molecule has 2 aliphatic heterocycles. The number of hydrogen-bond acceptors (Lipinski definition) is 7. The SMILES string of the molecule is CCOC(=O)C1=C(N)N2C(=O)CCSC2=C(C#N)C1c1ccc(O)cc1. The highest BCUT2D eigenvalue weighted by atomic mass is 32.2. The maximum atomic E-state index is 12.6. The maximum absolute atomic E-state index is 12.6. The number of thioether (sulfide) groups is 1. The lowest BCUT2D eigenvalue weighted by Crippen LogP contribution is -2.42. The third kappa shape index (κ3) is 2.91. The number of carbonyl (C=O) groups excluding carboxylic acids is 2. The normalized spacial score (nSPS) is 19.9. The summed E-state index contributed by atoms with van der Waals surface area (Å²) in [6.45, 7) is 1.81. The van der Waals surface area contributed by atoms with Gasteiger partial charge in [0, 0.05) is 12.2 Å². The van der Waals surface area contributed by atoms with Gasteiger partial charge >= 0.3 is 5.97 Å². The summed E-state index contributed by atoms with van der Waals surface area (Å²) < 4.78 is 5.13. The Morgan fingerprint density at radius 1 is 1.46 bits per heavy atom. The van der Waals surface area contributed by atoms with Gasteiger partial charge in [-0.2, -0.15) is 5.26 Å². The van der Waals surface area contributed by atoms with Crippen LogP contribution in [0.4, 0.5) is 0 Å². The zero-order chi connectivity index (χ0) is 18.8. The largest absolute Gasteiger partial charge is 0.508 e. The summed E-state index contributed by atoms with van der Waals surface area (Å²) in [5, 5.41) is 19.8. The molecule has 1 saturated heterocycles. The highest BCUT2D eigenvalue weighted by Gasteiger charge is 2.42. The van der Waals surface area contributed by atoms with E-state index >= 15 is 0 Å². The highest BCUT2D eigenvalue weighted by molar-refractivity contribution is 8.03. The van der Waals surface area contributed by atoms with E-state index in [4.69, 9.17) is 10.5 Å². The van der Waals surface area contributed by atoms with Crippen molar-refractivity contribution in [2.45, 2.75) is 19.3 Å². The topological polar surface area (TPSA) is 117 Å². The Balaban J connectivity index is 2.24. The summed E-state index contributed by atoms with van der Waals surface area (Å²) in [5.74, 6) is -1.08. The van der Waals surface area contributed by atoms with Crippen LogP contribution in [0.3, 0.4) is 0 Å². The summed E-state index contributed by atoms with van der Waals surface area (Å²) in [7, 11) is 0. The molecule has 7 nitrogen and oxygen atoms in total. The van der Waals surface area contributed by atoms with Crippen molar-refractivity contribution in [2.24, 2.45) is 5.73 Å². The average Bonchev–Trinajstić information content (AvgIpc) is 2.62. The number of allylic oxidation sites excluding steroid dienone is 1. The molecule has 3 rings (SSSR count). The zero-order valence-electron chi connectivity index (χ0n) is 14.1. The zero-order valence-corrected chi connectivity index (χ0v) is 14.9. The molecule has 0 bridgehead atoms. The Labute approximate surface area is 154 Å². The van der Waals surface area contributed by atoms with Crippen molar-refractivity contribution >= 4 is 23.6 Å². The highest BCUT2D eigenvalue weighted by Crippen LogP contribution is 2.46. The van der Waals surface area contributed by atoms with Crippen LogP contribution in [0.5, 0.6) is 5.75 Å². The van der Waals surface area contributed by atoms with Crippen LogP contribution in [0.25, 0.3) is 0 Å². The van der Waals surface area contributed by atoms with Crippen LogP contribution in [0.1, 0.15) is 24.8 Å². The van der Waals surface area contributed by atoms with E-state index in [1.54, 1.807) is 19.1 Å². The summed E-state index contributed by atoms with van der Waals surface area (Å²) in [6.07, 6.45) is 0.271. The molecule has 0 aromatic heterocycles. The predicted octanol–water partition coefficient (Wildman–Crippen LogP) is 1.92. The number of fused-ring (bicyclic) bond motifs is 1. The van der Waals surface area contributed by atoms with Crippen LogP contribution in [-0.2, 0) is 14.3 Å². The van der Waals surface area contributed by atoms with E-state index in [-0.39, 0.29) is 41.7 Å². The molecule has 0 spiro atoms. The first-order valence-corrected chi connectivity index (χ1v) is 9.03. The van der Waals surface area contributed by atoms with Crippen LogP contribution >= 0.6 is 11.8 Å². The first kappa shape index (κ1) is 17.9. The number of phenols is 1. The molecule has 2 aliphatic rings. The molecular formula is C18H17N3O4S. The number of hydrogen-bond donors (Lipinski definition) is 2. The molecule has 0 saturated carbocycles. The third-order valence-electron chi connectivity index (χ3n) is 4.17. The molecule has 1 amide bonds. The van der Waals surface area contributed by atoms with Gasteiger partial charge in [-0.3, -0.25) is 9.69 Å². The Kier molecular flexibility index (Phi) is 4.91. The van der Waals surface area contributed by atoms with Crippen molar-refractivity contribution in [1.29, 1.82) is 5.26 Å². The van der Waals surface area contributed by atoms with Gasteiger partial charge in [-0.25, -0.2) is 4.79 Å².